The van der Waals surface area contributed by atoms with Crippen molar-refractivity contribution in [3.8, 4) is 0 Å². The van der Waals surface area contributed by atoms with E-state index in [1.807, 2.05) is 0 Å². The Labute approximate surface area is 62.5 Å². The molecule has 10 heavy (non-hydrogen) atoms. The van der Waals surface area contributed by atoms with Crippen LogP contribution in [0.2, 0.25) is 0 Å². The van der Waals surface area contributed by atoms with Gasteiger partial charge in [0, 0.05) is 12.6 Å². The van der Waals surface area contributed by atoms with Crippen LogP contribution in [0.4, 0.5) is 0 Å². The first-order valence-corrected chi connectivity index (χ1v) is 3.71. The van der Waals surface area contributed by atoms with Crippen LogP contribution in [0.25, 0.3) is 0 Å². The van der Waals surface area contributed by atoms with Gasteiger partial charge in [0.15, 0.2) is 0 Å². The Hall–Kier alpha value is -0.340. The van der Waals surface area contributed by atoms with Crippen molar-refractivity contribution >= 4 is 0 Å². The summed E-state index contributed by atoms with van der Waals surface area (Å²) in [6.45, 7) is 1.67. The van der Waals surface area contributed by atoms with E-state index in [9.17, 15) is 0 Å². The maximum absolute atomic E-state index is 5.26. The Kier molecular flexibility index (Phi) is 2.90. The monoisotopic (exact) mass is 141 g/mol. The Morgan fingerprint density at radius 1 is 1.50 bits per heavy atom. The topological polar surface area (TPSA) is 12.5 Å². The third-order valence-corrected chi connectivity index (χ3v) is 1.79. The van der Waals surface area contributed by atoms with E-state index in [0.29, 0.717) is 6.04 Å². The Morgan fingerprint density at radius 3 is 3.00 bits per heavy atom. The van der Waals surface area contributed by atoms with Gasteiger partial charge >= 0.3 is 0 Å². The molecule has 0 aliphatic carbocycles. The number of likely N-dealkylation sites (N-methyl/N-ethyl adjacent to an activating group) is 1. The molecule has 2 nitrogen and oxygen atoms in total. The van der Waals surface area contributed by atoms with Crippen LogP contribution >= 0.6 is 0 Å². The molecule has 1 aliphatic rings. The van der Waals surface area contributed by atoms with Crippen molar-refractivity contribution in [2.45, 2.75) is 12.5 Å². The largest absolute Gasteiger partial charge is 0.377 e. The zero-order valence-corrected chi connectivity index (χ0v) is 6.71. The standard InChI is InChI=1S/C8H15NO/c1-9(2)8-4-3-6-10-7-5-8/h3-4,8H,5-7H2,1-2H3. The molecule has 2 heteroatoms. The first kappa shape index (κ1) is 7.76. The van der Waals surface area contributed by atoms with Gasteiger partial charge in [0.25, 0.3) is 0 Å². The smallest absolute Gasteiger partial charge is 0.0648 e. The minimum atomic E-state index is 0.572. The van der Waals surface area contributed by atoms with Gasteiger partial charge in [0.05, 0.1) is 6.61 Å². The van der Waals surface area contributed by atoms with E-state index in [-0.39, 0.29) is 0 Å². The van der Waals surface area contributed by atoms with Crippen LogP contribution in [-0.2, 0) is 4.74 Å². The molecular formula is C8H15NO. The second kappa shape index (κ2) is 3.74. The highest BCUT2D eigenvalue weighted by molar-refractivity contribution is 4.94. The summed E-state index contributed by atoms with van der Waals surface area (Å²) >= 11 is 0. The summed E-state index contributed by atoms with van der Waals surface area (Å²) < 4.78 is 5.26. The van der Waals surface area contributed by atoms with E-state index in [1.54, 1.807) is 0 Å². The predicted octanol–water partition coefficient (Wildman–Crippen LogP) is 0.893. The lowest BCUT2D eigenvalue weighted by Gasteiger charge is -2.18. The van der Waals surface area contributed by atoms with Crippen LogP contribution in [0.1, 0.15) is 6.42 Å². The molecule has 1 atom stereocenters. The predicted molar refractivity (Wildman–Crippen MR) is 42.1 cm³/mol. The lowest BCUT2D eigenvalue weighted by Crippen LogP contribution is -2.26. The van der Waals surface area contributed by atoms with Crippen molar-refractivity contribution in [3.05, 3.63) is 12.2 Å². The van der Waals surface area contributed by atoms with Crippen molar-refractivity contribution in [1.82, 2.24) is 4.90 Å². The molecule has 0 fully saturated rings. The van der Waals surface area contributed by atoms with Crippen LogP contribution in [0.15, 0.2) is 12.2 Å². The van der Waals surface area contributed by atoms with Crippen molar-refractivity contribution in [3.63, 3.8) is 0 Å². The number of nitrogens with zero attached hydrogens (tertiary/aromatic N) is 1. The molecule has 0 aromatic carbocycles. The number of hydrogen-bond donors (Lipinski definition) is 0. The highest BCUT2D eigenvalue weighted by Crippen LogP contribution is 2.05. The highest BCUT2D eigenvalue weighted by atomic mass is 16.5. The molecule has 0 saturated carbocycles. The van der Waals surface area contributed by atoms with E-state index in [0.717, 1.165) is 19.6 Å². The first-order valence-electron chi connectivity index (χ1n) is 3.71. The molecule has 0 amide bonds. The average molecular weight is 141 g/mol. The van der Waals surface area contributed by atoms with Crippen LogP contribution in [0.5, 0.6) is 0 Å². The molecule has 0 aromatic heterocycles. The molecule has 1 unspecified atom stereocenters. The summed E-state index contributed by atoms with van der Waals surface area (Å²) in [5.74, 6) is 0. The van der Waals surface area contributed by atoms with Crippen LogP contribution < -0.4 is 0 Å². The van der Waals surface area contributed by atoms with Crippen molar-refractivity contribution in [1.29, 1.82) is 0 Å². The van der Waals surface area contributed by atoms with E-state index >= 15 is 0 Å². The SMILES string of the molecule is CN(C)C1C=CCOCC1. The Morgan fingerprint density at radius 2 is 2.30 bits per heavy atom. The molecule has 0 saturated heterocycles. The van der Waals surface area contributed by atoms with Crippen molar-refractivity contribution < 1.29 is 4.74 Å². The quantitative estimate of drug-likeness (QED) is 0.503. The number of hydrogen-bond acceptors (Lipinski definition) is 2. The van der Waals surface area contributed by atoms with Gasteiger partial charge in [-0.2, -0.15) is 0 Å². The zero-order valence-electron chi connectivity index (χ0n) is 6.71. The second-order valence-electron chi connectivity index (χ2n) is 2.82. The third kappa shape index (κ3) is 2.12. The average Bonchev–Trinajstić information content (AvgIpc) is 2.12. The summed E-state index contributed by atoms with van der Waals surface area (Å²) in [7, 11) is 4.20. The first-order chi connectivity index (χ1) is 4.80. The molecule has 0 aromatic rings. The molecule has 0 bridgehead atoms. The van der Waals surface area contributed by atoms with Crippen LogP contribution in [0.3, 0.4) is 0 Å². The molecule has 1 rings (SSSR count). The fourth-order valence-electron chi connectivity index (χ4n) is 1.09. The van der Waals surface area contributed by atoms with E-state index in [1.165, 1.54) is 0 Å². The lowest BCUT2D eigenvalue weighted by molar-refractivity contribution is 0.150. The summed E-state index contributed by atoms with van der Waals surface area (Å²) in [4.78, 5) is 2.21. The van der Waals surface area contributed by atoms with E-state index in [4.69, 9.17) is 4.74 Å². The van der Waals surface area contributed by atoms with Crippen LogP contribution in [0, 0.1) is 0 Å². The zero-order chi connectivity index (χ0) is 7.40. The van der Waals surface area contributed by atoms with Gasteiger partial charge in [-0.3, -0.25) is 0 Å². The van der Waals surface area contributed by atoms with E-state index < -0.39 is 0 Å². The van der Waals surface area contributed by atoms with Crippen molar-refractivity contribution in [2.75, 3.05) is 27.3 Å². The molecule has 0 spiro atoms. The second-order valence-corrected chi connectivity index (χ2v) is 2.82. The minimum absolute atomic E-state index is 0.572. The summed E-state index contributed by atoms with van der Waals surface area (Å²) in [6.07, 6.45) is 5.42. The van der Waals surface area contributed by atoms with Gasteiger partial charge in [0.2, 0.25) is 0 Å². The summed E-state index contributed by atoms with van der Waals surface area (Å²) in [5, 5.41) is 0. The number of rotatable bonds is 1. The third-order valence-electron chi connectivity index (χ3n) is 1.79. The molecule has 0 radical (unpaired) electrons. The van der Waals surface area contributed by atoms with Gasteiger partial charge in [-0.1, -0.05) is 12.2 Å². The number of ether oxygens (including phenoxy) is 1. The molecule has 58 valence electrons. The summed E-state index contributed by atoms with van der Waals surface area (Å²) in [6, 6.07) is 0.572. The lowest BCUT2D eigenvalue weighted by atomic mass is 10.2. The van der Waals surface area contributed by atoms with Gasteiger partial charge in [-0.05, 0) is 20.5 Å². The Bertz CT molecular complexity index is 120. The minimum Gasteiger partial charge on any atom is -0.377 e. The van der Waals surface area contributed by atoms with Gasteiger partial charge in [0.1, 0.15) is 0 Å². The molecule has 1 aliphatic heterocycles. The normalized spacial score (nSPS) is 26.9. The highest BCUT2D eigenvalue weighted by Gasteiger charge is 2.08. The fourth-order valence-corrected chi connectivity index (χ4v) is 1.09. The van der Waals surface area contributed by atoms with Gasteiger partial charge in [-0.25, -0.2) is 0 Å². The summed E-state index contributed by atoms with van der Waals surface area (Å²) in [5.41, 5.74) is 0. The van der Waals surface area contributed by atoms with Gasteiger partial charge in [-0.15, -0.1) is 0 Å². The maximum Gasteiger partial charge on any atom is 0.0648 e. The van der Waals surface area contributed by atoms with E-state index in [2.05, 4.69) is 31.1 Å². The fraction of sp³-hybridized carbons (Fsp3) is 0.750. The van der Waals surface area contributed by atoms with Crippen LogP contribution in [-0.4, -0.2) is 38.3 Å². The Balaban J connectivity index is 2.41. The van der Waals surface area contributed by atoms with Crippen molar-refractivity contribution in [2.24, 2.45) is 0 Å². The van der Waals surface area contributed by atoms with Gasteiger partial charge < -0.3 is 9.64 Å². The molecular weight excluding hydrogens is 126 g/mol. The molecule has 1 heterocycles. The molecule has 0 N–H and O–H groups in total. The maximum atomic E-state index is 5.26.